The van der Waals surface area contributed by atoms with Gasteiger partial charge in [-0.25, -0.2) is 0 Å². The third-order valence-electron chi connectivity index (χ3n) is 2.86. The van der Waals surface area contributed by atoms with E-state index < -0.39 is 0 Å². The van der Waals surface area contributed by atoms with Crippen molar-refractivity contribution in [3.8, 4) is 0 Å². The van der Waals surface area contributed by atoms with E-state index in [0.717, 1.165) is 18.1 Å². The van der Waals surface area contributed by atoms with Crippen molar-refractivity contribution in [2.45, 2.75) is 33.7 Å². The molecular formula is C15H21N5. The highest BCUT2D eigenvalue weighted by atomic mass is 15.3. The van der Waals surface area contributed by atoms with Crippen LogP contribution >= 0.6 is 0 Å². The molecule has 106 valence electrons. The summed E-state index contributed by atoms with van der Waals surface area (Å²) in [7, 11) is 0. The molecule has 0 spiro atoms. The number of hydrogen-bond acceptors (Lipinski definition) is 5. The average molecular weight is 271 g/mol. The second-order valence-corrected chi connectivity index (χ2v) is 5.02. The van der Waals surface area contributed by atoms with Gasteiger partial charge < -0.3 is 10.2 Å². The Balaban J connectivity index is 2.32. The molecular weight excluding hydrogens is 250 g/mol. The van der Waals surface area contributed by atoms with Gasteiger partial charge in [-0.1, -0.05) is 12.1 Å². The molecule has 0 saturated carbocycles. The Kier molecular flexibility index (Phi) is 4.50. The molecule has 1 heterocycles. The van der Waals surface area contributed by atoms with Crippen LogP contribution < -0.4 is 10.2 Å². The Labute approximate surface area is 120 Å². The smallest absolute Gasteiger partial charge is 0.251 e. The molecule has 0 radical (unpaired) electrons. The van der Waals surface area contributed by atoms with Crippen molar-refractivity contribution in [3.63, 3.8) is 0 Å². The molecule has 2 aromatic rings. The van der Waals surface area contributed by atoms with Gasteiger partial charge >= 0.3 is 0 Å². The Hall–Kier alpha value is -2.17. The van der Waals surface area contributed by atoms with E-state index in [0.29, 0.717) is 12.0 Å². The fourth-order valence-electron chi connectivity index (χ4n) is 2.01. The normalized spacial score (nSPS) is 10.7. The minimum atomic E-state index is 0.314. The van der Waals surface area contributed by atoms with Crippen molar-refractivity contribution in [2.75, 3.05) is 16.8 Å². The van der Waals surface area contributed by atoms with Crippen LogP contribution in [0.15, 0.2) is 30.5 Å². The monoisotopic (exact) mass is 271 g/mol. The van der Waals surface area contributed by atoms with Gasteiger partial charge in [-0.3, -0.25) is 0 Å². The van der Waals surface area contributed by atoms with E-state index in [1.807, 2.05) is 11.0 Å². The van der Waals surface area contributed by atoms with Crippen LogP contribution in [0.25, 0.3) is 0 Å². The van der Waals surface area contributed by atoms with Crippen LogP contribution in [-0.2, 0) is 0 Å². The molecule has 0 aliphatic carbocycles. The molecule has 1 N–H and O–H groups in total. The first-order chi connectivity index (χ1) is 9.60. The van der Waals surface area contributed by atoms with E-state index in [9.17, 15) is 0 Å². The van der Waals surface area contributed by atoms with Crippen LogP contribution in [0.2, 0.25) is 0 Å². The highest BCUT2D eigenvalue weighted by Crippen LogP contribution is 2.22. The van der Waals surface area contributed by atoms with Gasteiger partial charge in [-0.2, -0.15) is 10.1 Å². The van der Waals surface area contributed by atoms with Crippen LogP contribution in [-0.4, -0.2) is 27.8 Å². The highest BCUT2D eigenvalue weighted by Gasteiger charge is 2.12. The molecule has 0 fully saturated rings. The summed E-state index contributed by atoms with van der Waals surface area (Å²) >= 11 is 0. The topological polar surface area (TPSA) is 53.9 Å². The van der Waals surface area contributed by atoms with Gasteiger partial charge in [0.1, 0.15) is 0 Å². The molecule has 5 nitrogen and oxygen atoms in total. The number of nitrogens with one attached hydrogen (secondary N) is 1. The summed E-state index contributed by atoms with van der Waals surface area (Å²) in [6.45, 7) is 9.08. The van der Waals surface area contributed by atoms with E-state index in [2.05, 4.69) is 66.4 Å². The van der Waals surface area contributed by atoms with Crippen LogP contribution in [0.3, 0.4) is 0 Å². The van der Waals surface area contributed by atoms with Crippen molar-refractivity contribution in [1.82, 2.24) is 15.2 Å². The van der Waals surface area contributed by atoms with Crippen LogP contribution in [0.5, 0.6) is 0 Å². The first kappa shape index (κ1) is 14.2. The van der Waals surface area contributed by atoms with E-state index >= 15 is 0 Å². The fourth-order valence-corrected chi connectivity index (χ4v) is 2.01. The Morgan fingerprint density at radius 1 is 1.30 bits per heavy atom. The van der Waals surface area contributed by atoms with Crippen LogP contribution in [0, 0.1) is 6.92 Å². The number of aryl methyl sites for hydroxylation is 1. The van der Waals surface area contributed by atoms with Crippen LogP contribution in [0.4, 0.5) is 17.5 Å². The Bertz CT molecular complexity index is 568. The zero-order valence-electron chi connectivity index (χ0n) is 12.5. The third kappa shape index (κ3) is 3.44. The third-order valence-corrected chi connectivity index (χ3v) is 2.86. The summed E-state index contributed by atoms with van der Waals surface area (Å²) in [6, 6.07) is 8.61. The standard InChI is InChI=1S/C15H21N5/c1-5-20(13-8-6-7-12(4)9-13)15-18-14(10-16-19-15)17-11(2)3/h6-11H,5H2,1-4H3,(H,17,18,19). The fraction of sp³-hybridized carbons (Fsp3) is 0.400. The molecule has 0 saturated heterocycles. The van der Waals surface area contributed by atoms with Gasteiger partial charge in [0.2, 0.25) is 0 Å². The lowest BCUT2D eigenvalue weighted by Gasteiger charge is -2.21. The van der Waals surface area contributed by atoms with Crippen molar-refractivity contribution in [2.24, 2.45) is 0 Å². The second kappa shape index (κ2) is 6.32. The molecule has 20 heavy (non-hydrogen) atoms. The molecule has 5 heteroatoms. The first-order valence-corrected chi connectivity index (χ1v) is 6.90. The summed E-state index contributed by atoms with van der Waals surface area (Å²) in [6.07, 6.45) is 1.65. The minimum Gasteiger partial charge on any atom is -0.366 e. The van der Waals surface area contributed by atoms with Crippen molar-refractivity contribution in [3.05, 3.63) is 36.0 Å². The van der Waals surface area contributed by atoms with Gasteiger partial charge in [-0.15, -0.1) is 5.10 Å². The van der Waals surface area contributed by atoms with E-state index in [1.54, 1.807) is 6.20 Å². The Morgan fingerprint density at radius 3 is 2.75 bits per heavy atom. The van der Waals surface area contributed by atoms with Gasteiger partial charge in [0, 0.05) is 18.3 Å². The highest BCUT2D eigenvalue weighted by molar-refractivity contribution is 5.58. The molecule has 2 rings (SSSR count). The molecule has 1 aromatic carbocycles. The maximum atomic E-state index is 4.53. The van der Waals surface area contributed by atoms with Crippen LogP contribution in [0.1, 0.15) is 26.3 Å². The number of hydrogen-bond donors (Lipinski definition) is 1. The molecule has 0 aliphatic rings. The minimum absolute atomic E-state index is 0.314. The second-order valence-electron chi connectivity index (χ2n) is 5.02. The molecule has 1 aromatic heterocycles. The molecule has 0 unspecified atom stereocenters. The summed E-state index contributed by atoms with van der Waals surface area (Å²) in [5.41, 5.74) is 2.29. The molecule has 0 aliphatic heterocycles. The molecule has 0 atom stereocenters. The van der Waals surface area contributed by atoms with E-state index in [1.165, 1.54) is 5.56 Å². The van der Waals surface area contributed by atoms with E-state index in [4.69, 9.17) is 0 Å². The lowest BCUT2D eigenvalue weighted by Crippen LogP contribution is -2.21. The number of rotatable bonds is 5. The Morgan fingerprint density at radius 2 is 2.10 bits per heavy atom. The number of aromatic nitrogens is 3. The number of nitrogens with zero attached hydrogens (tertiary/aromatic N) is 4. The van der Waals surface area contributed by atoms with Gasteiger partial charge in [-0.05, 0) is 45.4 Å². The quantitative estimate of drug-likeness (QED) is 0.905. The maximum absolute atomic E-state index is 4.53. The van der Waals surface area contributed by atoms with E-state index in [-0.39, 0.29) is 0 Å². The molecule has 0 bridgehead atoms. The van der Waals surface area contributed by atoms with Gasteiger partial charge in [0.05, 0.1) is 6.20 Å². The summed E-state index contributed by atoms with van der Waals surface area (Å²) in [5.74, 6) is 1.36. The summed E-state index contributed by atoms with van der Waals surface area (Å²) in [5, 5.41) is 11.4. The zero-order chi connectivity index (χ0) is 14.5. The summed E-state index contributed by atoms with van der Waals surface area (Å²) < 4.78 is 0. The van der Waals surface area contributed by atoms with Gasteiger partial charge in [0.15, 0.2) is 5.82 Å². The predicted molar refractivity (Wildman–Crippen MR) is 82.4 cm³/mol. The first-order valence-electron chi connectivity index (χ1n) is 6.90. The lowest BCUT2D eigenvalue weighted by atomic mass is 10.2. The van der Waals surface area contributed by atoms with Crippen molar-refractivity contribution in [1.29, 1.82) is 0 Å². The summed E-state index contributed by atoms with van der Waals surface area (Å²) in [4.78, 5) is 6.58. The largest absolute Gasteiger partial charge is 0.366 e. The van der Waals surface area contributed by atoms with Gasteiger partial charge in [0.25, 0.3) is 5.95 Å². The maximum Gasteiger partial charge on any atom is 0.251 e. The van der Waals surface area contributed by atoms with Crippen molar-refractivity contribution < 1.29 is 0 Å². The zero-order valence-corrected chi connectivity index (χ0v) is 12.5. The predicted octanol–water partition coefficient (Wildman–Crippen LogP) is 3.16. The molecule has 0 amide bonds. The van der Waals surface area contributed by atoms with Crippen molar-refractivity contribution >= 4 is 17.5 Å². The lowest BCUT2D eigenvalue weighted by molar-refractivity contribution is 0.849. The average Bonchev–Trinajstić information content (AvgIpc) is 2.39. The number of anilines is 3. The SMILES string of the molecule is CCN(c1cccc(C)c1)c1nncc(NC(C)C)n1. The number of benzene rings is 1.